The van der Waals surface area contributed by atoms with Crippen molar-refractivity contribution in [3.63, 3.8) is 0 Å². The van der Waals surface area contributed by atoms with Gasteiger partial charge in [-0.25, -0.2) is 0 Å². The molecule has 0 N–H and O–H groups in total. The summed E-state index contributed by atoms with van der Waals surface area (Å²) in [5.41, 5.74) is 3.53. The maximum absolute atomic E-state index is 6.10. The van der Waals surface area contributed by atoms with Gasteiger partial charge in [-0.3, -0.25) is 0 Å². The van der Waals surface area contributed by atoms with Gasteiger partial charge in [-0.2, -0.15) is 0 Å². The molecule has 4 heteroatoms. The molecule has 0 radical (unpaired) electrons. The Kier molecular flexibility index (Phi) is 5.53. The molecule has 1 nitrogen and oxygen atoms in total. The normalized spacial score (nSPS) is 12.2. The maximum atomic E-state index is 6.10. The van der Waals surface area contributed by atoms with Gasteiger partial charge in [-0.15, -0.1) is 0 Å². The van der Waals surface area contributed by atoms with E-state index in [1.807, 2.05) is 37.3 Å². The fourth-order valence-electron chi connectivity index (χ4n) is 2.02. The molecule has 0 saturated heterocycles. The van der Waals surface area contributed by atoms with Crippen LogP contribution in [0.1, 0.15) is 28.4 Å². The summed E-state index contributed by atoms with van der Waals surface area (Å²) in [5, 5.41) is 0.747. The third-order valence-electron chi connectivity index (χ3n) is 3.07. The number of hydrogen-bond acceptors (Lipinski definition) is 1. The SMILES string of the molecule is CCOc1ccc(C(Br)c2cc(Cl)ccc2C)c(Br)c1. The molecule has 2 aromatic carbocycles. The van der Waals surface area contributed by atoms with Gasteiger partial charge in [0.05, 0.1) is 11.4 Å². The van der Waals surface area contributed by atoms with E-state index in [1.165, 1.54) is 11.1 Å². The Balaban J connectivity index is 2.38. The average Bonchev–Trinajstić information content (AvgIpc) is 2.41. The van der Waals surface area contributed by atoms with Gasteiger partial charge in [0.1, 0.15) is 5.75 Å². The molecule has 0 aromatic heterocycles. The third kappa shape index (κ3) is 3.57. The lowest BCUT2D eigenvalue weighted by Gasteiger charge is -2.16. The first-order valence-electron chi connectivity index (χ1n) is 6.35. The highest BCUT2D eigenvalue weighted by Crippen LogP contribution is 2.39. The topological polar surface area (TPSA) is 9.23 Å². The van der Waals surface area contributed by atoms with Crippen LogP contribution >= 0.6 is 43.5 Å². The van der Waals surface area contributed by atoms with Crippen LogP contribution in [0.2, 0.25) is 5.02 Å². The van der Waals surface area contributed by atoms with E-state index >= 15 is 0 Å². The van der Waals surface area contributed by atoms with Gasteiger partial charge < -0.3 is 4.74 Å². The molecule has 0 saturated carbocycles. The van der Waals surface area contributed by atoms with Gasteiger partial charge in [-0.05, 0) is 54.8 Å². The van der Waals surface area contributed by atoms with Crippen molar-refractivity contribution < 1.29 is 4.74 Å². The van der Waals surface area contributed by atoms with Crippen molar-refractivity contribution in [3.05, 3.63) is 62.6 Å². The van der Waals surface area contributed by atoms with Crippen molar-refractivity contribution in [1.82, 2.24) is 0 Å². The number of ether oxygens (including phenoxy) is 1. The molecule has 0 bridgehead atoms. The first kappa shape index (κ1) is 15.9. The predicted octanol–water partition coefficient (Wildman–Crippen LogP) is 6.29. The largest absolute Gasteiger partial charge is 0.494 e. The van der Waals surface area contributed by atoms with Crippen LogP contribution in [-0.2, 0) is 0 Å². The first-order chi connectivity index (χ1) is 9.52. The Hall–Kier alpha value is -0.510. The molecular weight excluding hydrogens is 403 g/mol. The van der Waals surface area contributed by atoms with Gasteiger partial charge >= 0.3 is 0 Å². The number of alkyl halides is 1. The summed E-state index contributed by atoms with van der Waals surface area (Å²) in [6.45, 7) is 4.73. The van der Waals surface area contributed by atoms with Crippen molar-refractivity contribution in [2.75, 3.05) is 6.61 Å². The van der Waals surface area contributed by atoms with Crippen molar-refractivity contribution >= 4 is 43.5 Å². The van der Waals surface area contributed by atoms with Crippen LogP contribution in [0.3, 0.4) is 0 Å². The van der Waals surface area contributed by atoms with E-state index in [9.17, 15) is 0 Å². The highest BCUT2D eigenvalue weighted by Gasteiger charge is 2.16. The van der Waals surface area contributed by atoms with E-state index < -0.39 is 0 Å². The van der Waals surface area contributed by atoms with Gasteiger partial charge in [0.15, 0.2) is 0 Å². The number of benzene rings is 2. The first-order valence-corrected chi connectivity index (χ1v) is 8.44. The molecule has 0 spiro atoms. The second kappa shape index (κ2) is 6.97. The van der Waals surface area contributed by atoms with Crippen molar-refractivity contribution in [2.24, 2.45) is 0 Å². The molecule has 2 aromatic rings. The second-order valence-electron chi connectivity index (χ2n) is 4.48. The van der Waals surface area contributed by atoms with Crippen LogP contribution in [0, 0.1) is 6.92 Å². The van der Waals surface area contributed by atoms with E-state index in [-0.39, 0.29) is 4.83 Å². The number of halogens is 3. The minimum absolute atomic E-state index is 0.0891. The van der Waals surface area contributed by atoms with Gasteiger partial charge in [-0.1, -0.05) is 55.6 Å². The molecule has 2 rings (SSSR count). The lowest BCUT2D eigenvalue weighted by molar-refractivity contribution is 0.340. The molecule has 0 aliphatic rings. The fraction of sp³-hybridized carbons (Fsp3) is 0.250. The summed E-state index contributed by atoms with van der Waals surface area (Å²) in [6, 6.07) is 12.0. The Morgan fingerprint density at radius 1 is 1.15 bits per heavy atom. The Morgan fingerprint density at radius 2 is 1.90 bits per heavy atom. The molecule has 0 fully saturated rings. The van der Waals surface area contributed by atoms with Crippen molar-refractivity contribution in [2.45, 2.75) is 18.7 Å². The van der Waals surface area contributed by atoms with Gasteiger partial charge in [0.2, 0.25) is 0 Å². The molecular formula is C16H15Br2ClO. The number of aryl methyl sites for hydroxylation is 1. The summed E-state index contributed by atoms with van der Waals surface area (Å²) in [4.78, 5) is 0.0891. The molecule has 1 unspecified atom stereocenters. The summed E-state index contributed by atoms with van der Waals surface area (Å²) >= 11 is 13.5. The van der Waals surface area contributed by atoms with Gasteiger partial charge in [0.25, 0.3) is 0 Å². The molecule has 0 amide bonds. The summed E-state index contributed by atoms with van der Waals surface area (Å²) < 4.78 is 6.52. The molecule has 0 aliphatic heterocycles. The van der Waals surface area contributed by atoms with Crippen LogP contribution < -0.4 is 4.74 Å². The lowest BCUT2D eigenvalue weighted by atomic mass is 10.0. The van der Waals surface area contributed by atoms with E-state index in [1.54, 1.807) is 0 Å². The summed E-state index contributed by atoms with van der Waals surface area (Å²) in [5.74, 6) is 0.866. The van der Waals surface area contributed by atoms with Crippen molar-refractivity contribution in [1.29, 1.82) is 0 Å². The van der Waals surface area contributed by atoms with E-state index in [2.05, 4.69) is 44.8 Å². The van der Waals surface area contributed by atoms with E-state index in [0.717, 1.165) is 20.8 Å². The molecule has 106 valence electrons. The Bertz CT molecular complexity index is 613. The zero-order valence-electron chi connectivity index (χ0n) is 11.3. The smallest absolute Gasteiger partial charge is 0.120 e. The van der Waals surface area contributed by atoms with Gasteiger partial charge in [0, 0.05) is 9.50 Å². The summed E-state index contributed by atoms with van der Waals surface area (Å²) in [7, 11) is 0. The van der Waals surface area contributed by atoms with Crippen LogP contribution in [0.25, 0.3) is 0 Å². The van der Waals surface area contributed by atoms with E-state index in [0.29, 0.717) is 6.61 Å². The molecule has 0 heterocycles. The fourth-order valence-corrected chi connectivity index (χ4v) is 3.99. The van der Waals surface area contributed by atoms with Crippen molar-refractivity contribution in [3.8, 4) is 5.75 Å². The minimum atomic E-state index is 0.0891. The zero-order chi connectivity index (χ0) is 14.7. The highest BCUT2D eigenvalue weighted by molar-refractivity contribution is 9.11. The monoisotopic (exact) mass is 416 g/mol. The Labute approximate surface area is 141 Å². The lowest BCUT2D eigenvalue weighted by Crippen LogP contribution is -1.98. The molecule has 20 heavy (non-hydrogen) atoms. The zero-order valence-corrected chi connectivity index (χ0v) is 15.2. The number of hydrogen-bond donors (Lipinski definition) is 0. The highest BCUT2D eigenvalue weighted by atomic mass is 79.9. The van der Waals surface area contributed by atoms with Crippen LogP contribution in [0.15, 0.2) is 40.9 Å². The third-order valence-corrected chi connectivity index (χ3v) is 4.98. The quantitative estimate of drug-likeness (QED) is 0.530. The van der Waals surface area contributed by atoms with Crippen LogP contribution in [-0.4, -0.2) is 6.61 Å². The second-order valence-corrected chi connectivity index (χ2v) is 6.69. The minimum Gasteiger partial charge on any atom is -0.494 e. The average molecular weight is 419 g/mol. The van der Waals surface area contributed by atoms with Crippen LogP contribution in [0.5, 0.6) is 5.75 Å². The predicted molar refractivity (Wildman–Crippen MR) is 92.3 cm³/mol. The molecule has 1 atom stereocenters. The number of rotatable bonds is 4. The van der Waals surface area contributed by atoms with Crippen LogP contribution in [0.4, 0.5) is 0 Å². The summed E-state index contributed by atoms with van der Waals surface area (Å²) in [6.07, 6.45) is 0. The standard InChI is InChI=1S/C16H15Br2ClO/c1-3-20-12-6-7-13(15(17)9-12)16(18)14-8-11(19)5-4-10(14)2/h4-9,16H,3H2,1-2H3. The Morgan fingerprint density at radius 3 is 2.55 bits per heavy atom. The van der Waals surface area contributed by atoms with E-state index in [4.69, 9.17) is 16.3 Å². The maximum Gasteiger partial charge on any atom is 0.120 e. The molecule has 0 aliphatic carbocycles.